The topological polar surface area (TPSA) is 78.7 Å². The Balaban J connectivity index is 2.20. The molecule has 1 aromatic rings. The number of carbonyl (C=O) groups is 1. The van der Waals surface area contributed by atoms with Crippen molar-refractivity contribution in [3.63, 3.8) is 0 Å². The highest BCUT2D eigenvalue weighted by molar-refractivity contribution is 5.85. The van der Waals surface area contributed by atoms with Crippen molar-refractivity contribution in [3.8, 4) is 11.5 Å². The summed E-state index contributed by atoms with van der Waals surface area (Å²) in [6, 6.07) is 4.37. The van der Waals surface area contributed by atoms with Gasteiger partial charge in [0.05, 0.1) is 18.1 Å². The van der Waals surface area contributed by atoms with Crippen LogP contribution in [0.1, 0.15) is 12.8 Å². The van der Waals surface area contributed by atoms with Crippen LogP contribution < -0.4 is 9.47 Å². The minimum absolute atomic E-state index is 0.117. The van der Waals surface area contributed by atoms with Crippen LogP contribution in [0.2, 0.25) is 0 Å². The van der Waals surface area contributed by atoms with Crippen LogP contribution in [0.25, 0.3) is 0 Å². The van der Waals surface area contributed by atoms with Crippen LogP contribution in [0.3, 0.4) is 0 Å². The fourth-order valence-corrected chi connectivity index (χ4v) is 1.58. The molecule has 0 aliphatic heterocycles. The lowest BCUT2D eigenvalue weighted by atomic mass is 9.94. The first-order valence-corrected chi connectivity index (χ1v) is 5.11. The standard InChI is InChI=1S/C11H11NO5/c1-16-8-2-3-11(10(6-8)12(14)15)17-9-4-7(13)5-9/h2-3,6,9H,4-5H2,1H3. The van der Waals surface area contributed by atoms with Crippen LogP contribution in [0.15, 0.2) is 18.2 Å². The molecule has 0 saturated heterocycles. The Morgan fingerprint density at radius 3 is 2.65 bits per heavy atom. The maximum absolute atomic E-state index is 10.8. The Labute approximate surface area is 97.3 Å². The van der Waals surface area contributed by atoms with E-state index in [0.29, 0.717) is 18.6 Å². The minimum Gasteiger partial charge on any atom is -0.496 e. The molecule has 90 valence electrons. The lowest BCUT2D eigenvalue weighted by Gasteiger charge is -2.24. The highest BCUT2D eigenvalue weighted by Crippen LogP contribution is 2.33. The largest absolute Gasteiger partial charge is 0.496 e. The molecule has 1 aromatic carbocycles. The van der Waals surface area contributed by atoms with Crippen molar-refractivity contribution in [1.82, 2.24) is 0 Å². The third kappa shape index (κ3) is 2.35. The average Bonchev–Trinajstić information content (AvgIpc) is 2.27. The number of ketones is 1. The monoisotopic (exact) mass is 237 g/mol. The van der Waals surface area contributed by atoms with Gasteiger partial charge in [-0.3, -0.25) is 14.9 Å². The first-order chi connectivity index (χ1) is 8.10. The Hall–Kier alpha value is -2.11. The van der Waals surface area contributed by atoms with Crippen molar-refractivity contribution >= 4 is 11.5 Å². The van der Waals surface area contributed by atoms with E-state index in [2.05, 4.69) is 0 Å². The smallest absolute Gasteiger partial charge is 0.314 e. The second-order valence-corrected chi connectivity index (χ2v) is 3.78. The van der Waals surface area contributed by atoms with Crippen molar-refractivity contribution < 1.29 is 19.2 Å². The summed E-state index contributed by atoms with van der Waals surface area (Å²) >= 11 is 0. The van der Waals surface area contributed by atoms with Gasteiger partial charge in [-0.05, 0) is 12.1 Å². The Morgan fingerprint density at radius 1 is 1.41 bits per heavy atom. The molecule has 1 fully saturated rings. The molecule has 1 aliphatic rings. The van der Waals surface area contributed by atoms with Crippen molar-refractivity contribution in [2.75, 3.05) is 7.11 Å². The molecule has 17 heavy (non-hydrogen) atoms. The number of hydrogen-bond donors (Lipinski definition) is 0. The quantitative estimate of drug-likeness (QED) is 0.588. The van der Waals surface area contributed by atoms with Gasteiger partial charge in [0, 0.05) is 12.8 Å². The third-order valence-corrected chi connectivity index (χ3v) is 2.57. The van der Waals surface area contributed by atoms with E-state index >= 15 is 0 Å². The van der Waals surface area contributed by atoms with Crippen molar-refractivity contribution in [1.29, 1.82) is 0 Å². The summed E-state index contributed by atoms with van der Waals surface area (Å²) in [5.74, 6) is 0.688. The van der Waals surface area contributed by atoms with E-state index in [1.807, 2.05) is 0 Å². The highest BCUT2D eigenvalue weighted by atomic mass is 16.6. The van der Waals surface area contributed by atoms with E-state index in [0.717, 1.165) is 0 Å². The van der Waals surface area contributed by atoms with Gasteiger partial charge in [0.2, 0.25) is 0 Å². The van der Waals surface area contributed by atoms with Gasteiger partial charge in [-0.25, -0.2) is 0 Å². The number of methoxy groups -OCH3 is 1. The van der Waals surface area contributed by atoms with Gasteiger partial charge >= 0.3 is 5.69 Å². The summed E-state index contributed by atoms with van der Waals surface area (Å²) in [5, 5.41) is 10.8. The fourth-order valence-electron chi connectivity index (χ4n) is 1.58. The minimum atomic E-state index is -0.529. The zero-order valence-corrected chi connectivity index (χ0v) is 9.21. The molecule has 1 saturated carbocycles. The summed E-state index contributed by atoms with van der Waals surface area (Å²) in [6.45, 7) is 0. The maximum Gasteiger partial charge on any atom is 0.314 e. The predicted molar refractivity (Wildman–Crippen MR) is 58.3 cm³/mol. The van der Waals surface area contributed by atoms with Gasteiger partial charge in [-0.1, -0.05) is 0 Å². The van der Waals surface area contributed by atoms with Gasteiger partial charge in [-0.2, -0.15) is 0 Å². The van der Waals surface area contributed by atoms with E-state index in [-0.39, 0.29) is 23.3 Å². The van der Waals surface area contributed by atoms with E-state index in [1.165, 1.54) is 19.2 Å². The van der Waals surface area contributed by atoms with E-state index in [9.17, 15) is 14.9 Å². The molecular weight excluding hydrogens is 226 g/mol. The second kappa shape index (κ2) is 4.40. The molecule has 6 heteroatoms. The highest BCUT2D eigenvalue weighted by Gasteiger charge is 2.30. The van der Waals surface area contributed by atoms with Gasteiger partial charge in [0.25, 0.3) is 0 Å². The summed E-state index contributed by atoms with van der Waals surface area (Å²) in [7, 11) is 1.43. The molecule has 0 N–H and O–H groups in total. The molecule has 0 aromatic heterocycles. The number of rotatable bonds is 4. The Bertz CT molecular complexity index is 463. The number of benzene rings is 1. The fraction of sp³-hybridized carbons (Fsp3) is 0.364. The van der Waals surface area contributed by atoms with Crippen molar-refractivity contribution in [2.24, 2.45) is 0 Å². The summed E-state index contributed by atoms with van der Waals surface area (Å²) in [5.41, 5.74) is -0.149. The third-order valence-electron chi connectivity index (χ3n) is 2.57. The first kappa shape index (κ1) is 11.4. The summed E-state index contributed by atoms with van der Waals surface area (Å²) < 4.78 is 10.3. The molecule has 6 nitrogen and oxygen atoms in total. The van der Waals surface area contributed by atoms with E-state index in [4.69, 9.17) is 9.47 Å². The second-order valence-electron chi connectivity index (χ2n) is 3.78. The lowest BCUT2D eigenvalue weighted by Crippen LogP contribution is -2.33. The number of nitrogens with zero attached hydrogens (tertiary/aromatic N) is 1. The van der Waals surface area contributed by atoms with Crippen LogP contribution in [-0.2, 0) is 4.79 Å². The van der Waals surface area contributed by atoms with Crippen LogP contribution >= 0.6 is 0 Å². The van der Waals surface area contributed by atoms with Crippen molar-refractivity contribution in [3.05, 3.63) is 28.3 Å². The predicted octanol–water partition coefficient (Wildman–Crippen LogP) is 1.71. The molecule has 1 aliphatic carbocycles. The SMILES string of the molecule is COc1ccc(OC2CC(=O)C2)c([N+](=O)[O-])c1. The van der Waals surface area contributed by atoms with Crippen LogP contribution in [0.4, 0.5) is 5.69 Å². The number of hydrogen-bond acceptors (Lipinski definition) is 5. The van der Waals surface area contributed by atoms with Gasteiger partial charge in [-0.15, -0.1) is 0 Å². The molecule has 0 heterocycles. The molecule has 0 spiro atoms. The van der Waals surface area contributed by atoms with E-state index < -0.39 is 4.92 Å². The van der Waals surface area contributed by atoms with Crippen molar-refractivity contribution in [2.45, 2.75) is 18.9 Å². The molecule has 0 atom stereocenters. The van der Waals surface area contributed by atoms with Gasteiger partial charge in [0.15, 0.2) is 5.75 Å². The molecular formula is C11H11NO5. The zero-order chi connectivity index (χ0) is 12.4. The number of nitro benzene ring substituents is 1. The molecule has 0 radical (unpaired) electrons. The van der Waals surface area contributed by atoms with Gasteiger partial charge in [0.1, 0.15) is 17.6 Å². The zero-order valence-electron chi connectivity index (χ0n) is 9.21. The van der Waals surface area contributed by atoms with Gasteiger partial charge < -0.3 is 9.47 Å². The van der Waals surface area contributed by atoms with Crippen LogP contribution in [-0.4, -0.2) is 23.9 Å². The summed E-state index contributed by atoms with van der Waals surface area (Å²) in [6.07, 6.45) is 0.404. The maximum atomic E-state index is 10.8. The Kier molecular flexibility index (Phi) is 2.95. The number of carbonyl (C=O) groups excluding carboxylic acids is 1. The first-order valence-electron chi connectivity index (χ1n) is 5.11. The molecule has 0 amide bonds. The number of ether oxygens (including phenoxy) is 2. The molecule has 0 bridgehead atoms. The normalized spacial score (nSPS) is 15.2. The molecule has 0 unspecified atom stereocenters. The molecule has 2 rings (SSSR count). The van der Waals surface area contributed by atoms with Crippen LogP contribution in [0.5, 0.6) is 11.5 Å². The Morgan fingerprint density at radius 2 is 2.12 bits per heavy atom. The lowest BCUT2D eigenvalue weighted by molar-refractivity contribution is -0.386. The average molecular weight is 237 g/mol. The van der Waals surface area contributed by atoms with Crippen LogP contribution in [0, 0.1) is 10.1 Å². The number of nitro groups is 1. The number of Topliss-reactive ketones (excluding diaryl/α,β-unsaturated/α-hetero) is 1. The van der Waals surface area contributed by atoms with E-state index in [1.54, 1.807) is 6.07 Å². The summed E-state index contributed by atoms with van der Waals surface area (Å²) in [4.78, 5) is 21.1.